The lowest BCUT2D eigenvalue weighted by Gasteiger charge is -2.39. The lowest BCUT2D eigenvalue weighted by Crippen LogP contribution is -2.54. The number of piperazine rings is 2. The molecule has 0 N–H and O–H groups in total. The van der Waals surface area contributed by atoms with E-state index >= 15 is 0 Å². The monoisotopic (exact) mass is 449 g/mol. The summed E-state index contributed by atoms with van der Waals surface area (Å²) in [5.74, 6) is 2.15. The smallest absolute Gasteiger partial charge is 0.236 e. The number of carbonyl (C=O) groups excluding carboxylic acids is 1. The lowest BCUT2D eigenvalue weighted by atomic mass is 10.2. The van der Waals surface area contributed by atoms with Crippen LogP contribution in [0.25, 0.3) is 0 Å². The maximum atomic E-state index is 12.9. The van der Waals surface area contributed by atoms with Crippen LogP contribution in [0.15, 0.2) is 36.4 Å². The van der Waals surface area contributed by atoms with Crippen LogP contribution < -0.4 is 14.7 Å². The van der Waals surface area contributed by atoms with Gasteiger partial charge in [0, 0.05) is 82.9 Å². The molecule has 5 rings (SSSR count). The molecular formula is C25H35N7O. The Morgan fingerprint density at radius 1 is 0.788 bits per heavy atom. The molecule has 8 heteroatoms. The molecule has 3 fully saturated rings. The van der Waals surface area contributed by atoms with Crippen molar-refractivity contribution in [2.45, 2.75) is 19.8 Å². The third-order valence-corrected chi connectivity index (χ3v) is 7.03. The quantitative estimate of drug-likeness (QED) is 0.691. The van der Waals surface area contributed by atoms with Gasteiger partial charge in [0.25, 0.3) is 0 Å². The van der Waals surface area contributed by atoms with Crippen molar-refractivity contribution in [1.82, 2.24) is 19.8 Å². The predicted molar refractivity (Wildman–Crippen MR) is 132 cm³/mol. The number of carbonyl (C=O) groups is 1. The third kappa shape index (κ3) is 5.21. The number of nitrogens with zero attached hydrogens (tertiary/aromatic N) is 7. The summed E-state index contributed by atoms with van der Waals surface area (Å²) in [6.45, 7) is 11.6. The van der Waals surface area contributed by atoms with Gasteiger partial charge in [0.2, 0.25) is 11.9 Å². The standard InChI is InChI=1S/C25H35N7O/c1-21-19-23(27-25(26-21)32-9-5-6-10-32)30-13-11-28(12-14-30)20-24(33)31-17-15-29(16-18-31)22-7-3-2-4-8-22/h2-4,7-8,19H,5-6,9-18,20H2,1H3. The van der Waals surface area contributed by atoms with Gasteiger partial charge in [0.15, 0.2) is 0 Å². The second-order valence-electron chi connectivity index (χ2n) is 9.33. The molecule has 33 heavy (non-hydrogen) atoms. The van der Waals surface area contributed by atoms with Gasteiger partial charge in [-0.2, -0.15) is 4.98 Å². The largest absolute Gasteiger partial charge is 0.368 e. The van der Waals surface area contributed by atoms with Gasteiger partial charge >= 0.3 is 0 Å². The summed E-state index contributed by atoms with van der Waals surface area (Å²) in [6.07, 6.45) is 2.45. The summed E-state index contributed by atoms with van der Waals surface area (Å²) in [7, 11) is 0. The van der Waals surface area contributed by atoms with Gasteiger partial charge in [-0.3, -0.25) is 9.69 Å². The zero-order valence-electron chi connectivity index (χ0n) is 19.7. The Labute approximate surface area is 196 Å². The van der Waals surface area contributed by atoms with Gasteiger partial charge in [-0.15, -0.1) is 0 Å². The SMILES string of the molecule is Cc1cc(N2CCN(CC(=O)N3CCN(c4ccccc4)CC3)CC2)nc(N2CCCC2)n1. The maximum Gasteiger partial charge on any atom is 0.236 e. The molecule has 0 bridgehead atoms. The first-order valence-corrected chi connectivity index (χ1v) is 12.3. The van der Waals surface area contributed by atoms with E-state index in [0.29, 0.717) is 6.54 Å². The van der Waals surface area contributed by atoms with Crippen molar-refractivity contribution in [2.75, 3.05) is 86.7 Å². The number of aryl methyl sites for hydroxylation is 1. The number of rotatable bonds is 5. The molecule has 0 radical (unpaired) electrons. The number of amides is 1. The van der Waals surface area contributed by atoms with Gasteiger partial charge in [0.1, 0.15) is 5.82 Å². The average Bonchev–Trinajstić information content (AvgIpc) is 3.40. The number of hydrogen-bond acceptors (Lipinski definition) is 7. The maximum absolute atomic E-state index is 12.9. The predicted octanol–water partition coefficient (Wildman–Crippen LogP) is 1.86. The first-order chi connectivity index (χ1) is 16.2. The first kappa shape index (κ1) is 21.9. The second-order valence-corrected chi connectivity index (χ2v) is 9.33. The fraction of sp³-hybridized carbons (Fsp3) is 0.560. The van der Waals surface area contributed by atoms with Gasteiger partial charge in [-0.1, -0.05) is 18.2 Å². The zero-order valence-corrected chi connectivity index (χ0v) is 19.7. The van der Waals surface area contributed by atoms with Gasteiger partial charge < -0.3 is 19.6 Å². The average molecular weight is 450 g/mol. The number of para-hydroxylation sites is 1. The van der Waals surface area contributed by atoms with Crippen LogP contribution in [0.5, 0.6) is 0 Å². The first-order valence-electron chi connectivity index (χ1n) is 12.3. The summed E-state index contributed by atoms with van der Waals surface area (Å²) in [4.78, 5) is 33.8. The van der Waals surface area contributed by atoms with Crippen molar-refractivity contribution in [2.24, 2.45) is 0 Å². The minimum absolute atomic E-state index is 0.255. The Balaban J connectivity index is 1.10. The van der Waals surface area contributed by atoms with Gasteiger partial charge in [0.05, 0.1) is 6.54 Å². The van der Waals surface area contributed by atoms with Gasteiger partial charge in [-0.05, 0) is 31.9 Å². The van der Waals surface area contributed by atoms with E-state index in [0.717, 1.165) is 82.9 Å². The van der Waals surface area contributed by atoms with Crippen molar-refractivity contribution in [3.63, 3.8) is 0 Å². The molecule has 0 atom stereocenters. The molecule has 1 aromatic heterocycles. The third-order valence-electron chi connectivity index (χ3n) is 7.03. The lowest BCUT2D eigenvalue weighted by molar-refractivity contribution is -0.132. The van der Waals surface area contributed by atoms with Crippen LogP contribution in [0, 0.1) is 6.92 Å². The molecule has 8 nitrogen and oxygen atoms in total. The number of hydrogen-bond donors (Lipinski definition) is 0. The number of benzene rings is 1. The highest BCUT2D eigenvalue weighted by atomic mass is 16.2. The van der Waals surface area contributed by atoms with Crippen LogP contribution in [0.4, 0.5) is 17.5 Å². The number of aromatic nitrogens is 2. The molecule has 3 saturated heterocycles. The summed E-state index contributed by atoms with van der Waals surface area (Å²) in [6, 6.07) is 12.6. The Morgan fingerprint density at radius 3 is 2.15 bits per heavy atom. The molecule has 3 aliphatic heterocycles. The fourth-order valence-corrected chi connectivity index (χ4v) is 5.04. The van der Waals surface area contributed by atoms with E-state index in [1.54, 1.807) is 0 Å². The van der Waals surface area contributed by atoms with Crippen LogP contribution in [0.2, 0.25) is 0 Å². The second kappa shape index (κ2) is 9.95. The molecule has 1 aromatic carbocycles. The molecule has 3 aliphatic rings. The minimum Gasteiger partial charge on any atom is -0.368 e. The van der Waals surface area contributed by atoms with Gasteiger partial charge in [-0.25, -0.2) is 4.98 Å². The highest BCUT2D eigenvalue weighted by Crippen LogP contribution is 2.22. The highest BCUT2D eigenvalue weighted by Gasteiger charge is 2.26. The normalized spacial score (nSPS) is 19.9. The highest BCUT2D eigenvalue weighted by molar-refractivity contribution is 5.78. The zero-order chi connectivity index (χ0) is 22.6. The van der Waals surface area contributed by atoms with Crippen LogP contribution in [0.3, 0.4) is 0 Å². The molecule has 4 heterocycles. The van der Waals surface area contributed by atoms with E-state index < -0.39 is 0 Å². The van der Waals surface area contributed by atoms with E-state index in [1.165, 1.54) is 18.5 Å². The van der Waals surface area contributed by atoms with Crippen LogP contribution >= 0.6 is 0 Å². The topological polar surface area (TPSA) is 59.1 Å². The summed E-state index contributed by atoms with van der Waals surface area (Å²) in [5.41, 5.74) is 2.27. The van der Waals surface area contributed by atoms with Crippen molar-refractivity contribution in [1.29, 1.82) is 0 Å². The summed E-state index contributed by atoms with van der Waals surface area (Å²) >= 11 is 0. The molecule has 0 saturated carbocycles. The number of anilines is 3. The molecule has 0 aliphatic carbocycles. The van der Waals surface area contributed by atoms with Crippen molar-refractivity contribution in [3.8, 4) is 0 Å². The van der Waals surface area contributed by atoms with E-state index in [9.17, 15) is 4.79 Å². The Bertz CT molecular complexity index is 931. The summed E-state index contributed by atoms with van der Waals surface area (Å²) < 4.78 is 0. The van der Waals surface area contributed by atoms with E-state index in [2.05, 4.69) is 61.8 Å². The minimum atomic E-state index is 0.255. The van der Waals surface area contributed by atoms with Crippen molar-refractivity contribution in [3.05, 3.63) is 42.1 Å². The molecule has 0 unspecified atom stereocenters. The molecule has 2 aromatic rings. The molecule has 176 valence electrons. The van der Waals surface area contributed by atoms with Crippen LogP contribution in [-0.4, -0.2) is 97.7 Å². The van der Waals surface area contributed by atoms with Crippen molar-refractivity contribution >= 4 is 23.4 Å². The van der Waals surface area contributed by atoms with Crippen LogP contribution in [0.1, 0.15) is 18.5 Å². The van der Waals surface area contributed by atoms with E-state index in [1.807, 2.05) is 11.0 Å². The van der Waals surface area contributed by atoms with E-state index in [-0.39, 0.29) is 5.91 Å². The Hall–Kier alpha value is -2.87. The van der Waals surface area contributed by atoms with Crippen molar-refractivity contribution < 1.29 is 4.79 Å². The van der Waals surface area contributed by atoms with E-state index in [4.69, 9.17) is 4.98 Å². The summed E-state index contributed by atoms with van der Waals surface area (Å²) in [5, 5.41) is 0. The molecule has 1 amide bonds. The Kier molecular flexibility index (Phi) is 6.62. The van der Waals surface area contributed by atoms with Crippen LogP contribution in [-0.2, 0) is 4.79 Å². The molecular weight excluding hydrogens is 414 g/mol. The molecule has 0 spiro atoms. The fourth-order valence-electron chi connectivity index (χ4n) is 5.04. The Morgan fingerprint density at radius 2 is 1.45 bits per heavy atom.